The molecule has 0 spiro atoms. The highest BCUT2D eigenvalue weighted by molar-refractivity contribution is 6.23. The smallest absolute Gasteiger partial charge is 0.381 e. The SMILES string of the molecule is CCC(C)OC(=O)C(F)(C#N)N1C(=O)c2ccccc2C1=O. The number of rotatable bonds is 4. The van der Waals surface area contributed by atoms with Gasteiger partial charge in [0.05, 0.1) is 17.2 Å². The van der Waals surface area contributed by atoms with Crippen molar-refractivity contribution in [2.75, 3.05) is 0 Å². The van der Waals surface area contributed by atoms with Gasteiger partial charge in [0.25, 0.3) is 11.8 Å². The predicted octanol–water partition coefficient (Wildman–Crippen LogP) is 1.81. The van der Waals surface area contributed by atoms with Gasteiger partial charge in [0.15, 0.2) is 0 Å². The molecule has 0 aromatic heterocycles. The fourth-order valence-corrected chi connectivity index (χ4v) is 2.00. The van der Waals surface area contributed by atoms with Crippen LogP contribution < -0.4 is 0 Å². The first kappa shape index (κ1) is 15.6. The number of hydrogen-bond acceptors (Lipinski definition) is 5. The maximum atomic E-state index is 14.8. The molecule has 1 aliphatic heterocycles. The van der Waals surface area contributed by atoms with E-state index in [1.54, 1.807) is 6.92 Å². The highest BCUT2D eigenvalue weighted by Gasteiger charge is 2.57. The zero-order chi connectivity index (χ0) is 16.5. The van der Waals surface area contributed by atoms with Gasteiger partial charge in [-0.2, -0.15) is 9.65 Å². The summed E-state index contributed by atoms with van der Waals surface area (Å²) in [6.07, 6.45) is -0.249. The Kier molecular flexibility index (Phi) is 3.95. The summed E-state index contributed by atoms with van der Waals surface area (Å²) < 4.78 is 19.6. The van der Waals surface area contributed by atoms with E-state index in [9.17, 15) is 18.8 Å². The van der Waals surface area contributed by atoms with Crippen LogP contribution in [0.5, 0.6) is 0 Å². The number of alkyl halides is 1. The van der Waals surface area contributed by atoms with E-state index < -0.39 is 29.7 Å². The minimum atomic E-state index is -3.49. The second-order valence-corrected chi connectivity index (χ2v) is 4.85. The summed E-state index contributed by atoms with van der Waals surface area (Å²) in [6.45, 7) is 3.21. The van der Waals surface area contributed by atoms with E-state index >= 15 is 0 Å². The van der Waals surface area contributed by atoms with Crippen molar-refractivity contribution < 1.29 is 23.5 Å². The molecule has 1 aromatic rings. The fraction of sp³-hybridized carbons (Fsp3) is 0.333. The lowest BCUT2D eigenvalue weighted by Crippen LogP contribution is -2.54. The summed E-state index contributed by atoms with van der Waals surface area (Å²) >= 11 is 0. The minimum absolute atomic E-state index is 0.0162. The lowest BCUT2D eigenvalue weighted by molar-refractivity contribution is -0.165. The van der Waals surface area contributed by atoms with Crippen LogP contribution in [0.4, 0.5) is 4.39 Å². The molecule has 0 saturated heterocycles. The van der Waals surface area contributed by atoms with Gasteiger partial charge in [-0.25, -0.2) is 9.69 Å². The zero-order valence-corrected chi connectivity index (χ0v) is 12.0. The van der Waals surface area contributed by atoms with Gasteiger partial charge in [-0.1, -0.05) is 19.1 Å². The summed E-state index contributed by atoms with van der Waals surface area (Å²) in [4.78, 5) is 36.3. The van der Waals surface area contributed by atoms with E-state index in [0.717, 1.165) is 6.07 Å². The number of imide groups is 1. The van der Waals surface area contributed by atoms with Crippen molar-refractivity contribution in [3.63, 3.8) is 0 Å². The largest absolute Gasteiger partial charge is 0.458 e. The second-order valence-electron chi connectivity index (χ2n) is 4.85. The van der Waals surface area contributed by atoms with Crippen LogP contribution in [0.25, 0.3) is 0 Å². The maximum Gasteiger partial charge on any atom is 0.381 e. The Balaban J connectivity index is 2.41. The minimum Gasteiger partial charge on any atom is -0.458 e. The number of ether oxygens (including phenoxy) is 1. The van der Waals surface area contributed by atoms with Crippen LogP contribution >= 0.6 is 0 Å². The molecule has 1 heterocycles. The quantitative estimate of drug-likeness (QED) is 0.481. The molecule has 2 atom stereocenters. The molecule has 0 N–H and O–H groups in total. The van der Waals surface area contributed by atoms with Crippen molar-refractivity contribution in [1.82, 2.24) is 4.90 Å². The van der Waals surface area contributed by atoms with Gasteiger partial charge in [-0.15, -0.1) is 0 Å². The van der Waals surface area contributed by atoms with E-state index in [2.05, 4.69) is 0 Å². The number of carbonyl (C=O) groups excluding carboxylic acids is 3. The topological polar surface area (TPSA) is 87.5 Å². The normalized spacial score (nSPS) is 17.5. The monoisotopic (exact) mass is 304 g/mol. The molecular formula is C15H13FN2O4. The van der Waals surface area contributed by atoms with E-state index in [0.29, 0.717) is 6.42 Å². The average molecular weight is 304 g/mol. The first-order chi connectivity index (χ1) is 10.4. The molecule has 22 heavy (non-hydrogen) atoms. The van der Waals surface area contributed by atoms with Crippen molar-refractivity contribution in [2.45, 2.75) is 32.2 Å². The number of carbonyl (C=O) groups is 3. The van der Waals surface area contributed by atoms with Crippen LogP contribution in [0.2, 0.25) is 0 Å². The Morgan fingerprint density at radius 1 is 1.36 bits per heavy atom. The molecule has 7 heteroatoms. The summed E-state index contributed by atoms with van der Waals surface area (Å²) in [5.41, 5.74) is -0.109. The lowest BCUT2D eigenvalue weighted by atomic mass is 10.1. The molecule has 0 fully saturated rings. The van der Waals surface area contributed by atoms with Crippen LogP contribution in [0.1, 0.15) is 41.0 Å². The number of halogens is 1. The van der Waals surface area contributed by atoms with Crippen LogP contribution in [0.15, 0.2) is 24.3 Å². The molecule has 2 amide bonds. The molecule has 0 radical (unpaired) electrons. The molecule has 114 valence electrons. The highest BCUT2D eigenvalue weighted by atomic mass is 19.1. The Morgan fingerprint density at radius 2 is 1.86 bits per heavy atom. The predicted molar refractivity (Wildman–Crippen MR) is 72.2 cm³/mol. The number of fused-ring (bicyclic) bond motifs is 1. The highest BCUT2D eigenvalue weighted by Crippen LogP contribution is 2.31. The van der Waals surface area contributed by atoms with Gasteiger partial charge in [0.1, 0.15) is 6.07 Å². The second kappa shape index (κ2) is 5.56. The van der Waals surface area contributed by atoms with Gasteiger partial charge < -0.3 is 4.74 Å². The van der Waals surface area contributed by atoms with E-state index in [1.165, 1.54) is 31.2 Å². The molecule has 0 aliphatic carbocycles. The number of benzene rings is 1. The van der Waals surface area contributed by atoms with Crippen molar-refractivity contribution in [3.05, 3.63) is 35.4 Å². The first-order valence-electron chi connectivity index (χ1n) is 6.66. The third-order valence-corrected chi connectivity index (χ3v) is 3.40. The van der Waals surface area contributed by atoms with Crippen molar-refractivity contribution >= 4 is 17.8 Å². The van der Waals surface area contributed by atoms with Crippen LogP contribution in [0, 0.1) is 11.3 Å². The Labute approximate surface area is 126 Å². The molecular weight excluding hydrogens is 291 g/mol. The lowest BCUT2D eigenvalue weighted by Gasteiger charge is -2.26. The first-order valence-corrected chi connectivity index (χ1v) is 6.66. The number of hydrogen-bond donors (Lipinski definition) is 0. The average Bonchev–Trinajstić information content (AvgIpc) is 2.78. The van der Waals surface area contributed by atoms with Gasteiger partial charge in [0.2, 0.25) is 0 Å². The summed E-state index contributed by atoms with van der Waals surface area (Å²) in [5.74, 6) is -7.13. The Bertz CT molecular complexity index is 662. The van der Waals surface area contributed by atoms with E-state index in [-0.39, 0.29) is 16.0 Å². The summed E-state index contributed by atoms with van der Waals surface area (Å²) in [5, 5.41) is 9.04. The molecule has 2 unspecified atom stereocenters. The molecule has 0 bridgehead atoms. The molecule has 1 aliphatic rings. The van der Waals surface area contributed by atoms with Crippen molar-refractivity contribution in [2.24, 2.45) is 0 Å². The Hall–Kier alpha value is -2.75. The zero-order valence-electron chi connectivity index (χ0n) is 12.0. The number of esters is 1. The molecule has 1 aromatic carbocycles. The van der Waals surface area contributed by atoms with Crippen LogP contribution in [-0.2, 0) is 9.53 Å². The molecule has 0 saturated carbocycles. The van der Waals surface area contributed by atoms with Crippen molar-refractivity contribution in [3.8, 4) is 6.07 Å². The maximum absolute atomic E-state index is 14.8. The van der Waals surface area contributed by atoms with Gasteiger partial charge >= 0.3 is 11.8 Å². The third kappa shape index (κ3) is 2.22. The van der Waals surface area contributed by atoms with Crippen molar-refractivity contribution in [1.29, 1.82) is 5.26 Å². The number of nitrogens with zero attached hydrogens (tertiary/aromatic N) is 2. The number of nitriles is 1. The van der Waals surface area contributed by atoms with Crippen LogP contribution in [0.3, 0.4) is 0 Å². The van der Waals surface area contributed by atoms with Crippen LogP contribution in [-0.4, -0.2) is 34.6 Å². The summed E-state index contributed by atoms with van der Waals surface area (Å²) in [7, 11) is 0. The standard InChI is InChI=1S/C15H13FN2O4/c1-3-9(2)22-14(21)15(16,8-17)18-12(19)10-6-4-5-7-11(10)13(18)20/h4-7,9H,3H2,1-2H3. The molecule has 6 nitrogen and oxygen atoms in total. The molecule has 2 rings (SSSR count). The van der Waals surface area contributed by atoms with E-state index in [1.807, 2.05) is 0 Å². The fourth-order valence-electron chi connectivity index (χ4n) is 2.00. The van der Waals surface area contributed by atoms with Gasteiger partial charge in [-0.3, -0.25) is 9.59 Å². The van der Waals surface area contributed by atoms with E-state index in [4.69, 9.17) is 10.00 Å². The third-order valence-electron chi connectivity index (χ3n) is 3.40. The Morgan fingerprint density at radius 3 is 2.27 bits per heavy atom. The number of amides is 2. The van der Waals surface area contributed by atoms with Gasteiger partial charge in [-0.05, 0) is 25.5 Å². The van der Waals surface area contributed by atoms with Gasteiger partial charge in [0, 0.05) is 0 Å². The summed E-state index contributed by atoms with van der Waals surface area (Å²) in [6, 6.07) is 6.74.